The molecule has 0 saturated heterocycles. The Labute approximate surface area is 114 Å². The van der Waals surface area contributed by atoms with Gasteiger partial charge in [0, 0.05) is 0 Å². The minimum Gasteiger partial charge on any atom is -0.501 e. The number of nitrogens with zero attached hydrogens (tertiary/aromatic N) is 2. The van der Waals surface area contributed by atoms with Crippen LogP contribution in [-0.2, 0) is 16.7 Å². The number of carboxylic acid groups (broad SMARTS) is 1. The van der Waals surface area contributed by atoms with Gasteiger partial charge < -0.3 is 14.9 Å². The van der Waals surface area contributed by atoms with Gasteiger partial charge in [0.05, 0.1) is 25.2 Å². The number of aromatic nitrogens is 2. The molecule has 0 amide bonds. The highest BCUT2D eigenvalue weighted by molar-refractivity contribution is 5.88. The van der Waals surface area contributed by atoms with Crippen molar-refractivity contribution in [3.8, 4) is 5.75 Å². The van der Waals surface area contributed by atoms with Crippen molar-refractivity contribution in [2.45, 2.75) is 37.6 Å². The number of rotatable bonds is 1. The van der Waals surface area contributed by atoms with E-state index in [4.69, 9.17) is 9.84 Å². The van der Waals surface area contributed by atoms with Crippen molar-refractivity contribution in [1.82, 2.24) is 9.55 Å². The molecule has 2 aliphatic rings. The molecular weight excluding hydrogens is 264 g/mol. The van der Waals surface area contributed by atoms with Crippen LogP contribution in [-0.4, -0.2) is 38.9 Å². The van der Waals surface area contributed by atoms with Crippen LogP contribution >= 0.6 is 0 Å². The molecule has 20 heavy (non-hydrogen) atoms. The van der Waals surface area contributed by atoms with E-state index < -0.39 is 28.4 Å². The third kappa shape index (κ3) is 1.81. The van der Waals surface area contributed by atoms with Gasteiger partial charge in [-0.05, 0) is 12.8 Å². The summed E-state index contributed by atoms with van der Waals surface area (Å²) in [7, 11) is 0. The van der Waals surface area contributed by atoms with E-state index in [2.05, 4.69) is 4.98 Å². The van der Waals surface area contributed by atoms with Crippen LogP contribution in [0.25, 0.3) is 0 Å². The fraction of sp³-hybridized carbons (Fsp3) is 0.615. The smallest absolute Gasteiger partial charge is 0.358 e. The van der Waals surface area contributed by atoms with Crippen LogP contribution in [0.5, 0.6) is 5.75 Å². The number of fused-ring (bicyclic) bond motifs is 2. The Balaban J connectivity index is 2.27. The van der Waals surface area contributed by atoms with E-state index >= 15 is 0 Å². The molecule has 3 rings (SSSR count). The summed E-state index contributed by atoms with van der Waals surface area (Å²) in [5.74, 6) is -1.73. The average Bonchev–Trinajstić information content (AvgIpc) is 2.80. The molecule has 0 aromatic carbocycles. The van der Waals surface area contributed by atoms with Crippen molar-refractivity contribution in [2.75, 3.05) is 13.2 Å². The first-order valence-corrected chi connectivity index (χ1v) is 6.70. The van der Waals surface area contributed by atoms with Crippen molar-refractivity contribution in [1.29, 1.82) is 0 Å². The van der Waals surface area contributed by atoms with E-state index in [0.717, 1.165) is 25.7 Å². The molecule has 0 unspecified atom stereocenters. The second-order valence-corrected chi connectivity index (χ2v) is 5.43. The molecule has 0 bridgehead atoms. The summed E-state index contributed by atoms with van der Waals surface area (Å²) < 4.78 is 6.96. The summed E-state index contributed by atoms with van der Waals surface area (Å²) in [4.78, 5) is 27.4. The van der Waals surface area contributed by atoms with E-state index in [1.807, 2.05) is 0 Å². The van der Waals surface area contributed by atoms with Crippen molar-refractivity contribution in [3.63, 3.8) is 0 Å². The monoisotopic (exact) mass is 280 g/mol. The zero-order valence-corrected chi connectivity index (χ0v) is 11.0. The lowest BCUT2D eigenvalue weighted by atomic mass is 9.86. The Kier molecular flexibility index (Phi) is 3.01. The first-order valence-electron chi connectivity index (χ1n) is 6.70. The van der Waals surface area contributed by atoms with Crippen LogP contribution in [0.2, 0.25) is 0 Å². The number of ether oxygens (including phenoxy) is 1. The van der Waals surface area contributed by atoms with Gasteiger partial charge in [-0.15, -0.1) is 0 Å². The fourth-order valence-corrected chi connectivity index (χ4v) is 3.21. The predicted octanol–water partition coefficient (Wildman–Crippen LogP) is 0.489. The molecule has 1 aliphatic heterocycles. The second-order valence-electron chi connectivity index (χ2n) is 5.43. The second kappa shape index (κ2) is 4.59. The van der Waals surface area contributed by atoms with Crippen LogP contribution in [0.15, 0.2) is 4.79 Å². The lowest BCUT2D eigenvalue weighted by molar-refractivity contribution is 0.0683. The summed E-state index contributed by atoms with van der Waals surface area (Å²) in [6, 6.07) is 0. The van der Waals surface area contributed by atoms with Gasteiger partial charge in [-0.1, -0.05) is 12.8 Å². The molecule has 108 valence electrons. The Morgan fingerprint density at radius 1 is 1.35 bits per heavy atom. The van der Waals surface area contributed by atoms with Gasteiger partial charge in [-0.25, -0.2) is 9.78 Å². The van der Waals surface area contributed by atoms with Gasteiger partial charge >= 0.3 is 5.97 Å². The maximum Gasteiger partial charge on any atom is 0.358 e. The van der Waals surface area contributed by atoms with Gasteiger partial charge in [-0.2, -0.15) is 0 Å². The third-order valence-corrected chi connectivity index (χ3v) is 4.22. The van der Waals surface area contributed by atoms with Crippen molar-refractivity contribution in [3.05, 3.63) is 21.9 Å². The molecule has 0 radical (unpaired) electrons. The van der Waals surface area contributed by atoms with Gasteiger partial charge in [0.1, 0.15) is 5.82 Å². The van der Waals surface area contributed by atoms with Crippen LogP contribution in [0.3, 0.4) is 0 Å². The average molecular weight is 280 g/mol. The summed E-state index contributed by atoms with van der Waals surface area (Å²) in [6.45, 7) is 1.10. The summed E-state index contributed by atoms with van der Waals surface area (Å²) in [5, 5.41) is 18.8. The first kappa shape index (κ1) is 13.1. The maximum atomic E-state index is 12.2. The molecule has 1 fully saturated rings. The van der Waals surface area contributed by atoms with E-state index in [1.54, 1.807) is 0 Å². The van der Waals surface area contributed by atoms with Crippen molar-refractivity contribution >= 4 is 5.97 Å². The number of hydrogen-bond donors (Lipinski definition) is 2. The molecule has 2 heterocycles. The highest BCUT2D eigenvalue weighted by atomic mass is 16.5. The van der Waals surface area contributed by atoms with E-state index in [9.17, 15) is 14.7 Å². The normalized spacial score (nSPS) is 20.6. The van der Waals surface area contributed by atoms with Crippen molar-refractivity contribution in [2.24, 2.45) is 0 Å². The Morgan fingerprint density at radius 2 is 2.05 bits per heavy atom. The SMILES string of the molecule is O=C(O)c1nc2n(c(=O)c1O)CCOCC21CCCC1. The number of carbonyl (C=O) groups is 1. The Morgan fingerprint density at radius 3 is 2.70 bits per heavy atom. The fourth-order valence-electron chi connectivity index (χ4n) is 3.21. The van der Waals surface area contributed by atoms with Crippen LogP contribution in [0, 0.1) is 0 Å². The molecule has 1 aromatic rings. The summed E-state index contributed by atoms with van der Waals surface area (Å²) >= 11 is 0. The van der Waals surface area contributed by atoms with E-state index in [0.29, 0.717) is 19.0 Å². The van der Waals surface area contributed by atoms with E-state index in [1.165, 1.54) is 4.57 Å². The lowest BCUT2D eigenvalue weighted by Crippen LogP contribution is -2.36. The highest BCUT2D eigenvalue weighted by Gasteiger charge is 2.42. The van der Waals surface area contributed by atoms with Crippen LogP contribution in [0.1, 0.15) is 42.0 Å². The molecule has 2 N–H and O–H groups in total. The highest BCUT2D eigenvalue weighted by Crippen LogP contribution is 2.41. The topological polar surface area (TPSA) is 102 Å². The Bertz CT molecular complexity index is 616. The van der Waals surface area contributed by atoms with Crippen LogP contribution < -0.4 is 5.56 Å². The van der Waals surface area contributed by atoms with Gasteiger partial charge in [0.15, 0.2) is 5.69 Å². The molecular formula is C13H16N2O5. The number of hydrogen-bond acceptors (Lipinski definition) is 5. The van der Waals surface area contributed by atoms with Gasteiger partial charge in [-0.3, -0.25) is 9.36 Å². The quantitative estimate of drug-likeness (QED) is 0.776. The number of aromatic hydroxyl groups is 1. The zero-order valence-electron chi connectivity index (χ0n) is 11.0. The Hall–Kier alpha value is -1.89. The number of carboxylic acids is 1. The molecule has 0 atom stereocenters. The number of aromatic carboxylic acids is 1. The molecule has 7 nitrogen and oxygen atoms in total. The standard InChI is InChI=1S/C13H16N2O5/c16-9-8(11(18)19)14-12-13(3-1-2-4-13)7-20-6-5-15(12)10(9)17/h16H,1-7H2,(H,18,19). The first-order chi connectivity index (χ1) is 9.55. The molecule has 1 aliphatic carbocycles. The largest absolute Gasteiger partial charge is 0.501 e. The molecule has 1 aromatic heterocycles. The lowest BCUT2D eigenvalue weighted by Gasteiger charge is -2.27. The molecule has 1 saturated carbocycles. The minimum atomic E-state index is -1.39. The molecule has 7 heteroatoms. The van der Waals surface area contributed by atoms with Gasteiger partial charge in [0.25, 0.3) is 5.56 Å². The zero-order chi connectivity index (χ0) is 14.3. The van der Waals surface area contributed by atoms with E-state index in [-0.39, 0.29) is 6.54 Å². The van der Waals surface area contributed by atoms with Crippen molar-refractivity contribution < 1.29 is 19.7 Å². The minimum absolute atomic E-state index is 0.288. The summed E-state index contributed by atoms with van der Waals surface area (Å²) in [5.41, 5.74) is -1.65. The summed E-state index contributed by atoms with van der Waals surface area (Å²) in [6.07, 6.45) is 3.65. The third-order valence-electron chi connectivity index (χ3n) is 4.22. The predicted molar refractivity (Wildman–Crippen MR) is 68.1 cm³/mol. The van der Waals surface area contributed by atoms with Gasteiger partial charge in [0.2, 0.25) is 5.75 Å². The molecule has 1 spiro atoms. The maximum absolute atomic E-state index is 12.2. The van der Waals surface area contributed by atoms with Crippen LogP contribution in [0.4, 0.5) is 0 Å².